The molecular formula is C38H48F3NO5. The molecule has 9 atom stereocenters. The zero-order chi connectivity index (χ0) is 33.9. The Balaban J connectivity index is 1.10. The SMILES string of the molecule is CC(=O)O[C@@H]1CC[C@@]2(C)C(CCC3C2C(=O)C[C@@]2(C)C3CC[C@@H]2[C@H](C)CCC(=CCCN2C(=O)c3ccccc3C2=O)C(F)(F)F)C1. The largest absolute Gasteiger partial charge is 0.463 e. The Morgan fingerprint density at radius 2 is 1.70 bits per heavy atom. The molecule has 0 N–H and O–H groups in total. The molecule has 1 aliphatic heterocycles. The maximum absolute atomic E-state index is 14.2. The summed E-state index contributed by atoms with van der Waals surface area (Å²) >= 11 is 0. The van der Waals surface area contributed by atoms with Crippen LogP contribution in [0.4, 0.5) is 13.2 Å². The van der Waals surface area contributed by atoms with Crippen LogP contribution in [-0.4, -0.2) is 47.3 Å². The number of hydrogen-bond acceptors (Lipinski definition) is 5. The Hall–Kier alpha value is -2.97. The van der Waals surface area contributed by atoms with Gasteiger partial charge in [0.15, 0.2) is 0 Å². The molecule has 1 aromatic rings. The van der Waals surface area contributed by atoms with E-state index in [9.17, 15) is 32.3 Å². The van der Waals surface area contributed by atoms with Gasteiger partial charge < -0.3 is 4.74 Å². The van der Waals surface area contributed by atoms with E-state index in [1.54, 1.807) is 24.3 Å². The highest BCUT2D eigenvalue weighted by Crippen LogP contribution is 2.67. The van der Waals surface area contributed by atoms with Gasteiger partial charge in [0.05, 0.1) is 11.1 Å². The number of imide groups is 1. The van der Waals surface area contributed by atoms with Crippen LogP contribution in [0.1, 0.15) is 119 Å². The van der Waals surface area contributed by atoms with E-state index in [2.05, 4.69) is 20.8 Å². The Morgan fingerprint density at radius 1 is 1.02 bits per heavy atom. The molecule has 256 valence electrons. The number of nitrogens with zero attached hydrogens (tertiary/aromatic N) is 1. The van der Waals surface area contributed by atoms with Crippen LogP contribution >= 0.6 is 0 Å². The summed E-state index contributed by atoms with van der Waals surface area (Å²) < 4.78 is 48.1. The molecule has 0 radical (unpaired) electrons. The lowest BCUT2D eigenvalue weighted by Crippen LogP contribution is -2.58. The fraction of sp³-hybridized carbons (Fsp3) is 0.684. The Morgan fingerprint density at radius 3 is 2.34 bits per heavy atom. The van der Waals surface area contributed by atoms with E-state index in [0.717, 1.165) is 55.9 Å². The molecule has 5 aliphatic rings. The van der Waals surface area contributed by atoms with Gasteiger partial charge in [-0.1, -0.05) is 39.0 Å². The standard InChI is InChI=1S/C38H48F3NO5/c1-22(11-12-24(38(39,40)41)8-7-19-42-34(45)27-9-5-6-10-28(27)35(42)46)30-15-16-31-29-14-13-25-20-26(47-23(2)43)17-18-36(25,3)33(29)32(44)21-37(30,31)4/h5-6,8-10,22,25-26,29-31,33H,7,11-21H2,1-4H3/t22-,25?,26-,29?,30-,31?,33?,36+,37-/m1/s1. The van der Waals surface area contributed by atoms with Crippen molar-refractivity contribution in [2.24, 2.45) is 46.3 Å². The number of esters is 1. The van der Waals surface area contributed by atoms with Crippen molar-refractivity contribution in [2.75, 3.05) is 6.54 Å². The number of allylic oxidation sites excluding steroid dienone is 1. The summed E-state index contributed by atoms with van der Waals surface area (Å²) in [5.74, 6) is 0.398. The minimum Gasteiger partial charge on any atom is -0.463 e. The number of hydrogen-bond donors (Lipinski definition) is 0. The van der Waals surface area contributed by atoms with Crippen molar-refractivity contribution in [3.63, 3.8) is 0 Å². The summed E-state index contributed by atoms with van der Waals surface area (Å²) in [5.41, 5.74) is -0.354. The van der Waals surface area contributed by atoms with Gasteiger partial charge in [0.2, 0.25) is 0 Å². The second kappa shape index (κ2) is 12.5. The highest BCUT2D eigenvalue weighted by Gasteiger charge is 2.63. The van der Waals surface area contributed by atoms with Gasteiger partial charge >= 0.3 is 12.1 Å². The number of carbonyl (C=O) groups is 4. The molecule has 9 heteroatoms. The van der Waals surface area contributed by atoms with Gasteiger partial charge in [0.1, 0.15) is 11.9 Å². The predicted molar refractivity (Wildman–Crippen MR) is 170 cm³/mol. The minimum absolute atomic E-state index is 0.00795. The molecule has 2 amide bonds. The lowest BCUT2D eigenvalue weighted by atomic mass is 9.44. The lowest BCUT2D eigenvalue weighted by Gasteiger charge is -2.60. The van der Waals surface area contributed by atoms with Crippen molar-refractivity contribution in [2.45, 2.75) is 111 Å². The van der Waals surface area contributed by atoms with Crippen LogP contribution in [-0.2, 0) is 14.3 Å². The van der Waals surface area contributed by atoms with Crippen LogP contribution in [0, 0.1) is 46.3 Å². The van der Waals surface area contributed by atoms with Gasteiger partial charge in [0, 0.05) is 31.4 Å². The maximum Gasteiger partial charge on any atom is 0.412 e. The molecular weight excluding hydrogens is 607 g/mol. The van der Waals surface area contributed by atoms with Crippen molar-refractivity contribution < 1.29 is 37.1 Å². The summed E-state index contributed by atoms with van der Waals surface area (Å²) in [6.07, 6.45) is 3.69. The van der Waals surface area contributed by atoms with E-state index in [4.69, 9.17) is 4.74 Å². The van der Waals surface area contributed by atoms with Crippen LogP contribution in [0.2, 0.25) is 0 Å². The quantitative estimate of drug-likeness (QED) is 0.160. The van der Waals surface area contributed by atoms with E-state index in [1.807, 2.05) is 0 Å². The summed E-state index contributed by atoms with van der Waals surface area (Å²) in [7, 11) is 0. The molecule has 4 saturated carbocycles. The molecule has 0 spiro atoms. The van der Waals surface area contributed by atoms with Crippen molar-refractivity contribution >= 4 is 23.6 Å². The molecule has 0 aromatic heterocycles. The molecule has 6 rings (SSSR count). The molecule has 0 bridgehead atoms. The zero-order valence-electron chi connectivity index (χ0n) is 28.0. The number of benzene rings is 1. The van der Waals surface area contributed by atoms with Crippen LogP contribution in [0.15, 0.2) is 35.9 Å². The zero-order valence-corrected chi connectivity index (χ0v) is 28.0. The first-order valence-corrected chi connectivity index (χ1v) is 17.6. The summed E-state index contributed by atoms with van der Waals surface area (Å²) in [6, 6.07) is 6.45. The van der Waals surface area contributed by atoms with Crippen molar-refractivity contribution in [3.05, 3.63) is 47.0 Å². The lowest BCUT2D eigenvalue weighted by molar-refractivity contribution is -0.169. The topological polar surface area (TPSA) is 80.8 Å². The average molecular weight is 656 g/mol. The van der Waals surface area contributed by atoms with E-state index in [1.165, 1.54) is 6.92 Å². The molecule has 1 heterocycles. The van der Waals surface area contributed by atoms with Crippen LogP contribution in [0.25, 0.3) is 0 Å². The van der Waals surface area contributed by atoms with E-state index < -0.39 is 23.6 Å². The first kappa shape index (κ1) is 33.9. The third-order valence-electron chi connectivity index (χ3n) is 13.2. The molecule has 47 heavy (non-hydrogen) atoms. The molecule has 0 saturated heterocycles. The van der Waals surface area contributed by atoms with Crippen LogP contribution in [0.5, 0.6) is 0 Å². The molecule has 4 fully saturated rings. The second-order valence-electron chi connectivity index (χ2n) is 15.7. The molecule has 4 unspecified atom stereocenters. The van der Waals surface area contributed by atoms with Gasteiger partial charge in [-0.05, 0) is 117 Å². The second-order valence-corrected chi connectivity index (χ2v) is 15.7. The number of halogens is 3. The van der Waals surface area contributed by atoms with Gasteiger partial charge in [-0.15, -0.1) is 0 Å². The first-order valence-electron chi connectivity index (χ1n) is 17.6. The van der Waals surface area contributed by atoms with Crippen molar-refractivity contribution in [1.82, 2.24) is 4.90 Å². The van der Waals surface area contributed by atoms with E-state index >= 15 is 0 Å². The van der Waals surface area contributed by atoms with Gasteiger partial charge in [-0.3, -0.25) is 24.1 Å². The van der Waals surface area contributed by atoms with Gasteiger partial charge in [-0.2, -0.15) is 13.2 Å². The van der Waals surface area contributed by atoms with E-state index in [-0.39, 0.29) is 71.2 Å². The summed E-state index contributed by atoms with van der Waals surface area (Å²) in [6.45, 7) is 7.92. The smallest absolute Gasteiger partial charge is 0.412 e. The number of fused-ring (bicyclic) bond motifs is 6. The number of amides is 2. The predicted octanol–water partition coefficient (Wildman–Crippen LogP) is 8.35. The average Bonchev–Trinajstić information content (AvgIpc) is 3.46. The molecule has 6 nitrogen and oxygen atoms in total. The number of ether oxygens (including phenoxy) is 1. The minimum atomic E-state index is -4.50. The fourth-order valence-electron chi connectivity index (χ4n) is 11.1. The number of alkyl halides is 3. The summed E-state index contributed by atoms with van der Waals surface area (Å²) in [4.78, 5) is 52.1. The van der Waals surface area contributed by atoms with E-state index in [0.29, 0.717) is 36.4 Å². The highest BCUT2D eigenvalue weighted by molar-refractivity contribution is 6.21. The number of rotatable bonds is 8. The van der Waals surface area contributed by atoms with Gasteiger partial charge in [0.25, 0.3) is 11.8 Å². The Labute approximate surface area is 275 Å². The fourth-order valence-corrected chi connectivity index (χ4v) is 11.1. The molecule has 4 aliphatic carbocycles. The van der Waals surface area contributed by atoms with Gasteiger partial charge in [-0.25, -0.2) is 0 Å². The first-order chi connectivity index (χ1) is 22.1. The Bertz CT molecular complexity index is 1430. The maximum atomic E-state index is 14.2. The highest BCUT2D eigenvalue weighted by atomic mass is 19.4. The van der Waals surface area contributed by atoms with Crippen LogP contribution in [0.3, 0.4) is 0 Å². The van der Waals surface area contributed by atoms with Crippen molar-refractivity contribution in [3.8, 4) is 0 Å². The number of carbonyl (C=O) groups excluding carboxylic acids is 4. The Kier molecular flexibility index (Phi) is 9.01. The summed E-state index contributed by atoms with van der Waals surface area (Å²) in [5, 5.41) is 0. The van der Waals surface area contributed by atoms with Crippen molar-refractivity contribution in [1.29, 1.82) is 0 Å². The number of ketones is 1. The third-order valence-corrected chi connectivity index (χ3v) is 13.2. The molecule has 1 aromatic carbocycles. The van der Waals surface area contributed by atoms with Crippen LogP contribution < -0.4 is 0 Å². The third kappa shape index (κ3) is 5.98. The normalized spacial score (nSPS) is 36.0. The monoisotopic (exact) mass is 655 g/mol. The number of Topliss-reactive ketones (excluding diaryl/α,β-unsaturated/α-hetero) is 1.